The number of hydrogen-bond donors (Lipinski definition) is 3. The van der Waals surface area contributed by atoms with E-state index in [1.807, 2.05) is 6.08 Å². The number of aliphatic hydroxyl groups excluding tert-OH is 2. The van der Waals surface area contributed by atoms with Crippen molar-refractivity contribution in [3.8, 4) is 0 Å². The highest BCUT2D eigenvalue weighted by Crippen LogP contribution is 2.13. The van der Waals surface area contributed by atoms with Crippen molar-refractivity contribution in [1.29, 1.82) is 0 Å². The van der Waals surface area contributed by atoms with E-state index in [1.54, 1.807) is 6.08 Å². The van der Waals surface area contributed by atoms with E-state index in [9.17, 15) is 19.8 Å². The second-order valence-electron chi connectivity index (χ2n) is 17.2. The van der Waals surface area contributed by atoms with E-state index in [-0.39, 0.29) is 18.5 Å². The van der Waals surface area contributed by atoms with Gasteiger partial charge in [-0.2, -0.15) is 0 Å². The number of nitrogens with one attached hydrogen (secondary N) is 1. The summed E-state index contributed by atoms with van der Waals surface area (Å²) in [7, 11) is 0. The van der Waals surface area contributed by atoms with E-state index in [1.165, 1.54) is 128 Å². The SMILES string of the molecule is CCCCCC/C=C\C/C=C\CCCCCCCC(=O)OCCCCC/C=C\C=C/CCCCCCCCC(=O)NC(CO)C(O)/C=C/CCCCCCCCCCCC. The Morgan fingerprint density at radius 1 is 0.483 bits per heavy atom. The van der Waals surface area contributed by atoms with Gasteiger partial charge < -0.3 is 20.3 Å². The summed E-state index contributed by atoms with van der Waals surface area (Å²) in [5, 5.41) is 23.0. The highest BCUT2D eigenvalue weighted by molar-refractivity contribution is 5.76. The summed E-state index contributed by atoms with van der Waals surface area (Å²) in [5.41, 5.74) is 0. The molecule has 0 aliphatic carbocycles. The molecule has 60 heavy (non-hydrogen) atoms. The summed E-state index contributed by atoms with van der Waals surface area (Å²) in [6, 6.07) is -0.645. The van der Waals surface area contributed by atoms with Crippen LogP contribution >= 0.6 is 0 Å². The summed E-state index contributed by atoms with van der Waals surface area (Å²) in [4.78, 5) is 24.4. The molecule has 0 aromatic heterocycles. The van der Waals surface area contributed by atoms with Crippen molar-refractivity contribution < 1.29 is 24.5 Å². The Labute approximate surface area is 371 Å². The highest BCUT2D eigenvalue weighted by Gasteiger charge is 2.18. The highest BCUT2D eigenvalue weighted by atomic mass is 16.5. The van der Waals surface area contributed by atoms with E-state index < -0.39 is 12.1 Å². The molecule has 0 saturated heterocycles. The quantitative estimate of drug-likeness (QED) is 0.0246. The van der Waals surface area contributed by atoms with Crippen LogP contribution in [0.15, 0.2) is 60.8 Å². The molecular weight excluding hydrogens is 743 g/mol. The largest absolute Gasteiger partial charge is 0.466 e. The number of hydrogen-bond acceptors (Lipinski definition) is 5. The lowest BCUT2D eigenvalue weighted by Crippen LogP contribution is -2.45. The molecule has 0 bridgehead atoms. The lowest BCUT2D eigenvalue weighted by molar-refractivity contribution is -0.143. The van der Waals surface area contributed by atoms with Crippen molar-refractivity contribution in [2.45, 2.75) is 257 Å². The van der Waals surface area contributed by atoms with Gasteiger partial charge in [-0.05, 0) is 96.3 Å². The molecule has 0 saturated carbocycles. The van der Waals surface area contributed by atoms with Crippen LogP contribution in [0.3, 0.4) is 0 Å². The summed E-state index contributed by atoms with van der Waals surface area (Å²) in [5.74, 6) is -0.132. The topological polar surface area (TPSA) is 95.9 Å². The number of esters is 1. The van der Waals surface area contributed by atoms with Gasteiger partial charge in [0.2, 0.25) is 5.91 Å². The van der Waals surface area contributed by atoms with Crippen LogP contribution in [-0.2, 0) is 14.3 Å². The second kappa shape index (κ2) is 49.2. The molecule has 1 amide bonds. The third kappa shape index (κ3) is 45.1. The predicted octanol–water partition coefficient (Wildman–Crippen LogP) is 15.2. The van der Waals surface area contributed by atoms with Gasteiger partial charge in [0.15, 0.2) is 0 Å². The van der Waals surface area contributed by atoms with Crippen LogP contribution in [0.2, 0.25) is 0 Å². The number of rotatable bonds is 46. The number of ether oxygens (including phenoxy) is 1. The van der Waals surface area contributed by atoms with Crippen molar-refractivity contribution in [3.63, 3.8) is 0 Å². The van der Waals surface area contributed by atoms with Gasteiger partial charge in [-0.1, -0.05) is 197 Å². The fraction of sp³-hybridized carbons (Fsp3) is 0.778. The van der Waals surface area contributed by atoms with Crippen LogP contribution in [0, 0.1) is 0 Å². The smallest absolute Gasteiger partial charge is 0.305 e. The minimum atomic E-state index is -0.859. The zero-order valence-corrected chi connectivity index (χ0v) is 39.4. The Kier molecular flexibility index (Phi) is 47.2. The Morgan fingerprint density at radius 2 is 0.883 bits per heavy atom. The van der Waals surface area contributed by atoms with E-state index in [4.69, 9.17) is 4.74 Å². The van der Waals surface area contributed by atoms with Gasteiger partial charge in [-0.3, -0.25) is 9.59 Å². The van der Waals surface area contributed by atoms with Gasteiger partial charge in [-0.15, -0.1) is 0 Å². The average molecular weight is 840 g/mol. The van der Waals surface area contributed by atoms with Crippen LogP contribution < -0.4 is 5.32 Å². The van der Waals surface area contributed by atoms with Gasteiger partial charge in [0.25, 0.3) is 0 Å². The fourth-order valence-corrected chi connectivity index (χ4v) is 7.30. The molecule has 6 nitrogen and oxygen atoms in total. The lowest BCUT2D eigenvalue weighted by atomic mass is 10.1. The lowest BCUT2D eigenvalue weighted by Gasteiger charge is -2.20. The monoisotopic (exact) mass is 840 g/mol. The number of carbonyl (C=O) groups excluding carboxylic acids is 2. The maximum atomic E-state index is 12.4. The molecule has 6 heteroatoms. The van der Waals surface area contributed by atoms with Crippen molar-refractivity contribution in [2.75, 3.05) is 13.2 Å². The normalized spacial score (nSPS) is 13.2. The number of allylic oxidation sites excluding steroid dienone is 9. The minimum absolute atomic E-state index is 0.0377. The van der Waals surface area contributed by atoms with Crippen LogP contribution in [0.1, 0.15) is 245 Å². The van der Waals surface area contributed by atoms with Crippen LogP contribution in [0.25, 0.3) is 0 Å². The summed E-state index contributed by atoms with van der Waals surface area (Å²) in [6.45, 7) is 4.79. The van der Waals surface area contributed by atoms with Gasteiger partial charge in [0, 0.05) is 12.8 Å². The molecular formula is C54H97NO5. The first-order chi connectivity index (χ1) is 29.5. The van der Waals surface area contributed by atoms with Gasteiger partial charge in [-0.25, -0.2) is 0 Å². The van der Waals surface area contributed by atoms with Crippen molar-refractivity contribution in [1.82, 2.24) is 5.32 Å². The van der Waals surface area contributed by atoms with Crippen LogP contribution in [0.5, 0.6) is 0 Å². The third-order valence-corrected chi connectivity index (χ3v) is 11.3. The molecule has 0 aromatic carbocycles. The molecule has 0 radical (unpaired) electrons. The molecule has 2 atom stereocenters. The molecule has 3 N–H and O–H groups in total. The van der Waals surface area contributed by atoms with Crippen molar-refractivity contribution in [2.24, 2.45) is 0 Å². The maximum absolute atomic E-state index is 12.4. The number of carbonyl (C=O) groups is 2. The zero-order chi connectivity index (χ0) is 43.7. The molecule has 0 heterocycles. The first-order valence-electron chi connectivity index (χ1n) is 25.6. The Hall–Kier alpha value is -2.44. The first kappa shape index (κ1) is 57.6. The van der Waals surface area contributed by atoms with E-state index in [0.29, 0.717) is 19.4 Å². The van der Waals surface area contributed by atoms with E-state index >= 15 is 0 Å². The molecule has 0 rings (SSSR count). The Balaban J connectivity index is 3.57. The number of aliphatic hydroxyl groups is 2. The maximum Gasteiger partial charge on any atom is 0.305 e. The Bertz CT molecular complexity index is 1060. The Morgan fingerprint density at radius 3 is 1.38 bits per heavy atom. The summed E-state index contributed by atoms with van der Waals surface area (Å²) < 4.78 is 5.43. The molecule has 2 unspecified atom stereocenters. The molecule has 0 aromatic rings. The van der Waals surface area contributed by atoms with Gasteiger partial charge >= 0.3 is 5.97 Å². The summed E-state index contributed by atoms with van der Waals surface area (Å²) >= 11 is 0. The molecule has 0 aliphatic heterocycles. The predicted molar refractivity (Wildman–Crippen MR) is 259 cm³/mol. The average Bonchev–Trinajstić information content (AvgIpc) is 3.25. The van der Waals surface area contributed by atoms with Crippen molar-refractivity contribution >= 4 is 11.9 Å². The number of unbranched alkanes of at least 4 members (excludes halogenated alkanes) is 28. The van der Waals surface area contributed by atoms with Gasteiger partial charge in [0.1, 0.15) is 0 Å². The second-order valence-corrected chi connectivity index (χ2v) is 17.2. The standard InChI is InChI=1S/C54H97NO5/c1-3-5-7-9-11-13-15-17-18-21-24-28-32-36-40-44-48-54(59)60-49-45-41-37-33-29-25-22-19-20-23-27-31-35-39-43-47-53(58)55-51(50-56)52(57)46-42-38-34-30-26-16-14-12-10-8-6-4-2/h13,15,18-19,21-22,25,29,42,46,51-52,56-57H,3-12,14,16-17,20,23-24,26-28,30-41,43-45,47-50H2,1-2H3,(H,55,58)/b15-13-,21-18-,22-19-,29-25-,46-42+. The summed E-state index contributed by atoms with van der Waals surface area (Å²) in [6.07, 6.45) is 62.2. The van der Waals surface area contributed by atoms with E-state index in [2.05, 4.69) is 67.8 Å². The van der Waals surface area contributed by atoms with Crippen LogP contribution in [-0.4, -0.2) is 47.4 Å². The van der Waals surface area contributed by atoms with Crippen LogP contribution in [0.4, 0.5) is 0 Å². The number of amides is 1. The van der Waals surface area contributed by atoms with Crippen molar-refractivity contribution in [3.05, 3.63) is 60.8 Å². The van der Waals surface area contributed by atoms with Gasteiger partial charge in [0.05, 0.1) is 25.4 Å². The first-order valence-corrected chi connectivity index (χ1v) is 25.6. The molecule has 0 aliphatic rings. The fourth-order valence-electron chi connectivity index (χ4n) is 7.30. The third-order valence-electron chi connectivity index (χ3n) is 11.3. The zero-order valence-electron chi connectivity index (χ0n) is 39.4. The molecule has 0 spiro atoms. The molecule has 0 fully saturated rings. The molecule has 348 valence electrons. The minimum Gasteiger partial charge on any atom is -0.466 e. The van der Waals surface area contributed by atoms with E-state index in [0.717, 1.165) is 89.9 Å².